The first-order valence-electron chi connectivity index (χ1n) is 5.75. The van der Waals surface area contributed by atoms with Crippen LogP contribution in [-0.4, -0.2) is 22.9 Å². The number of alkyl halides is 5. The largest absolute Gasteiger partial charge is 0.460 e. The van der Waals surface area contributed by atoms with Crippen molar-refractivity contribution >= 4 is 11.3 Å². The van der Waals surface area contributed by atoms with Crippen molar-refractivity contribution in [1.82, 2.24) is 15.5 Å². The van der Waals surface area contributed by atoms with Gasteiger partial charge >= 0.3 is 12.1 Å². The molecule has 0 aromatic carbocycles. The predicted octanol–water partition coefficient (Wildman–Crippen LogP) is 3.64. The Balaban J connectivity index is 2.92. The highest BCUT2D eigenvalue weighted by molar-refractivity contribution is 7.11. The molecule has 0 bridgehead atoms. The molecule has 1 aromatic heterocycles. The lowest BCUT2D eigenvalue weighted by Gasteiger charge is -2.16. The molecule has 0 fully saturated rings. The van der Waals surface area contributed by atoms with Crippen molar-refractivity contribution in [2.45, 2.75) is 44.8 Å². The van der Waals surface area contributed by atoms with Crippen LogP contribution in [-0.2, 0) is 5.92 Å². The Morgan fingerprint density at radius 3 is 2.26 bits per heavy atom. The molecule has 1 rings (SSSR count). The van der Waals surface area contributed by atoms with E-state index >= 15 is 0 Å². The molecule has 1 aromatic rings. The molecule has 0 amide bonds. The van der Waals surface area contributed by atoms with Gasteiger partial charge in [-0.1, -0.05) is 25.2 Å². The van der Waals surface area contributed by atoms with Gasteiger partial charge in [0.05, 0.1) is 6.04 Å². The first-order chi connectivity index (χ1) is 8.74. The summed E-state index contributed by atoms with van der Waals surface area (Å²) in [5.41, 5.74) is 0. The van der Waals surface area contributed by atoms with Crippen LogP contribution < -0.4 is 5.32 Å². The molecule has 1 heterocycles. The van der Waals surface area contributed by atoms with Crippen LogP contribution in [0.15, 0.2) is 0 Å². The first kappa shape index (κ1) is 16.2. The SMILES string of the molecule is CCCNC(CC)c1nnc(C(F)(F)C(F)(F)F)s1. The second-order valence-electron chi connectivity index (χ2n) is 3.93. The Kier molecular flexibility index (Phi) is 5.19. The Morgan fingerprint density at radius 2 is 1.79 bits per heavy atom. The summed E-state index contributed by atoms with van der Waals surface area (Å²) in [4.78, 5) is 0. The van der Waals surface area contributed by atoms with Crippen molar-refractivity contribution in [3.63, 3.8) is 0 Å². The Morgan fingerprint density at radius 1 is 1.16 bits per heavy atom. The predicted molar refractivity (Wildman–Crippen MR) is 61.2 cm³/mol. The molecule has 19 heavy (non-hydrogen) atoms. The van der Waals surface area contributed by atoms with E-state index in [1.54, 1.807) is 6.92 Å². The van der Waals surface area contributed by atoms with Gasteiger partial charge in [0.2, 0.25) is 0 Å². The van der Waals surface area contributed by atoms with Crippen molar-refractivity contribution < 1.29 is 22.0 Å². The molecule has 3 nitrogen and oxygen atoms in total. The summed E-state index contributed by atoms with van der Waals surface area (Å²) in [6.45, 7) is 4.34. The van der Waals surface area contributed by atoms with Crippen LogP contribution in [0.1, 0.15) is 42.7 Å². The molecular formula is C10H14F5N3S. The molecule has 0 saturated heterocycles. The topological polar surface area (TPSA) is 37.8 Å². The normalized spacial score (nSPS) is 14.7. The van der Waals surface area contributed by atoms with E-state index in [1.165, 1.54) is 0 Å². The molecule has 1 N–H and O–H groups in total. The van der Waals surface area contributed by atoms with Crippen molar-refractivity contribution in [3.8, 4) is 0 Å². The summed E-state index contributed by atoms with van der Waals surface area (Å²) in [6, 6.07) is -0.352. The van der Waals surface area contributed by atoms with Gasteiger partial charge in [-0.3, -0.25) is 0 Å². The van der Waals surface area contributed by atoms with Crippen LogP contribution in [0.25, 0.3) is 0 Å². The summed E-state index contributed by atoms with van der Waals surface area (Å²) in [7, 11) is 0. The average molecular weight is 303 g/mol. The number of halogens is 5. The van der Waals surface area contributed by atoms with Crippen molar-refractivity contribution in [1.29, 1.82) is 0 Å². The van der Waals surface area contributed by atoms with Crippen LogP contribution in [0, 0.1) is 0 Å². The third-order valence-electron chi connectivity index (χ3n) is 2.41. The standard InChI is InChI=1S/C10H14F5N3S/c1-3-5-16-6(4-2)7-17-18-8(19-7)9(11,12)10(13,14)15/h6,16H,3-5H2,1-2H3. The lowest BCUT2D eigenvalue weighted by molar-refractivity contribution is -0.289. The number of aromatic nitrogens is 2. The van der Waals surface area contributed by atoms with E-state index in [1.807, 2.05) is 6.92 Å². The van der Waals surface area contributed by atoms with Gasteiger partial charge in [-0.05, 0) is 19.4 Å². The Bertz CT molecular complexity index is 404. The molecular weight excluding hydrogens is 289 g/mol. The molecule has 0 spiro atoms. The van der Waals surface area contributed by atoms with Crippen LogP contribution in [0.5, 0.6) is 0 Å². The zero-order valence-corrected chi connectivity index (χ0v) is 11.2. The highest BCUT2D eigenvalue weighted by atomic mass is 32.1. The van der Waals surface area contributed by atoms with E-state index in [0.29, 0.717) is 24.3 Å². The average Bonchev–Trinajstić information content (AvgIpc) is 2.78. The number of nitrogens with one attached hydrogen (secondary N) is 1. The van der Waals surface area contributed by atoms with Crippen LogP contribution >= 0.6 is 11.3 Å². The van der Waals surface area contributed by atoms with E-state index in [9.17, 15) is 22.0 Å². The number of nitrogens with zero attached hydrogens (tertiary/aromatic N) is 2. The molecule has 9 heteroatoms. The fourth-order valence-electron chi connectivity index (χ4n) is 1.35. The summed E-state index contributed by atoms with van der Waals surface area (Å²) in [6.07, 6.45) is -4.30. The van der Waals surface area contributed by atoms with Gasteiger partial charge in [-0.2, -0.15) is 22.0 Å². The summed E-state index contributed by atoms with van der Waals surface area (Å²) in [5, 5.41) is 8.29. The van der Waals surface area contributed by atoms with Crippen molar-refractivity contribution in [2.24, 2.45) is 0 Å². The van der Waals surface area contributed by atoms with Gasteiger partial charge < -0.3 is 5.32 Å². The molecule has 0 aliphatic carbocycles. The van der Waals surface area contributed by atoms with Gasteiger partial charge in [0.1, 0.15) is 5.01 Å². The number of rotatable bonds is 6. The maximum Gasteiger partial charge on any atom is 0.460 e. The second-order valence-corrected chi connectivity index (χ2v) is 4.94. The maximum absolute atomic E-state index is 13.1. The van der Waals surface area contributed by atoms with Gasteiger partial charge in [0.15, 0.2) is 5.01 Å². The maximum atomic E-state index is 13.1. The highest BCUT2D eigenvalue weighted by Crippen LogP contribution is 2.45. The van der Waals surface area contributed by atoms with Crippen molar-refractivity contribution in [3.05, 3.63) is 10.0 Å². The zero-order chi connectivity index (χ0) is 14.7. The smallest absolute Gasteiger partial charge is 0.308 e. The third-order valence-corrected chi connectivity index (χ3v) is 3.52. The van der Waals surface area contributed by atoms with Gasteiger partial charge in [-0.15, -0.1) is 10.2 Å². The minimum Gasteiger partial charge on any atom is -0.308 e. The number of hydrogen-bond donors (Lipinski definition) is 1. The fraction of sp³-hybridized carbons (Fsp3) is 0.800. The number of hydrogen-bond acceptors (Lipinski definition) is 4. The van der Waals surface area contributed by atoms with E-state index in [-0.39, 0.29) is 11.0 Å². The second kappa shape index (κ2) is 6.08. The Labute approximate surface area is 111 Å². The molecule has 0 aliphatic heterocycles. The lowest BCUT2D eigenvalue weighted by Crippen LogP contribution is -2.33. The van der Waals surface area contributed by atoms with E-state index in [4.69, 9.17) is 0 Å². The molecule has 0 aliphatic rings. The van der Waals surface area contributed by atoms with Crippen molar-refractivity contribution in [2.75, 3.05) is 6.54 Å². The minimum atomic E-state index is -5.65. The monoisotopic (exact) mass is 303 g/mol. The molecule has 1 unspecified atom stereocenters. The Hall–Kier alpha value is -0.830. The first-order valence-corrected chi connectivity index (χ1v) is 6.57. The molecule has 110 valence electrons. The molecule has 0 radical (unpaired) electrons. The third kappa shape index (κ3) is 3.59. The van der Waals surface area contributed by atoms with Gasteiger partial charge in [0, 0.05) is 0 Å². The van der Waals surface area contributed by atoms with Crippen LogP contribution in [0.2, 0.25) is 0 Å². The summed E-state index contributed by atoms with van der Waals surface area (Å²) in [5.74, 6) is -4.95. The summed E-state index contributed by atoms with van der Waals surface area (Å²) >= 11 is 0.295. The zero-order valence-electron chi connectivity index (χ0n) is 10.4. The lowest BCUT2D eigenvalue weighted by atomic mass is 10.2. The quantitative estimate of drug-likeness (QED) is 0.815. The highest BCUT2D eigenvalue weighted by Gasteiger charge is 2.61. The molecule has 1 atom stereocenters. The van der Waals surface area contributed by atoms with Crippen LogP contribution in [0.4, 0.5) is 22.0 Å². The summed E-state index contributed by atoms with van der Waals surface area (Å²) < 4.78 is 62.7. The van der Waals surface area contributed by atoms with Crippen LogP contribution in [0.3, 0.4) is 0 Å². The van der Waals surface area contributed by atoms with Gasteiger partial charge in [-0.25, -0.2) is 0 Å². The fourth-order valence-corrected chi connectivity index (χ4v) is 2.35. The van der Waals surface area contributed by atoms with E-state index in [0.717, 1.165) is 6.42 Å². The minimum absolute atomic E-state index is 0.148. The van der Waals surface area contributed by atoms with E-state index in [2.05, 4.69) is 15.5 Å². The molecule has 0 saturated carbocycles. The van der Waals surface area contributed by atoms with Gasteiger partial charge in [0.25, 0.3) is 0 Å². The van der Waals surface area contributed by atoms with E-state index < -0.39 is 17.1 Å².